The van der Waals surface area contributed by atoms with Crippen LogP contribution in [0, 0.1) is 6.92 Å². The number of aryl methyl sites for hydroxylation is 1. The Morgan fingerprint density at radius 2 is 1.80 bits per heavy atom. The van der Waals surface area contributed by atoms with Gasteiger partial charge < -0.3 is 11.1 Å². The van der Waals surface area contributed by atoms with E-state index in [1.54, 1.807) is 0 Å². The van der Waals surface area contributed by atoms with E-state index in [0.717, 1.165) is 21.2 Å². The van der Waals surface area contributed by atoms with E-state index in [4.69, 9.17) is 5.73 Å². The van der Waals surface area contributed by atoms with Crippen LogP contribution in [0.4, 0.5) is 17.5 Å². The second-order valence-electron chi connectivity index (χ2n) is 4.48. The second-order valence-corrected chi connectivity index (χ2v) is 5.27. The number of benzene rings is 2. The lowest BCUT2D eigenvalue weighted by Gasteiger charge is -2.12. The van der Waals surface area contributed by atoms with E-state index in [-0.39, 0.29) is 5.95 Å². The van der Waals surface area contributed by atoms with Crippen molar-refractivity contribution in [2.75, 3.05) is 11.1 Å². The van der Waals surface area contributed by atoms with Crippen LogP contribution in [0.5, 0.6) is 0 Å². The fraction of sp³-hybridized carbons (Fsp3) is 0.0667. The lowest BCUT2D eigenvalue weighted by molar-refractivity contribution is 1.10. The quantitative estimate of drug-likeness (QED) is 0.745. The van der Waals surface area contributed by atoms with Crippen molar-refractivity contribution in [1.29, 1.82) is 0 Å². The Morgan fingerprint density at radius 1 is 1.05 bits per heavy atom. The molecule has 5 heteroatoms. The Kier molecular flexibility index (Phi) is 3.28. The number of nitrogen functional groups attached to an aromatic ring is 1. The summed E-state index contributed by atoms with van der Waals surface area (Å²) < 4.78 is 0.819. The zero-order chi connectivity index (χ0) is 14.1. The number of nitrogens with zero attached hydrogens (tertiary/aromatic N) is 2. The molecule has 3 aromatic rings. The van der Waals surface area contributed by atoms with Crippen LogP contribution in [0.3, 0.4) is 0 Å². The van der Waals surface area contributed by atoms with Gasteiger partial charge in [0, 0.05) is 11.1 Å². The summed E-state index contributed by atoms with van der Waals surface area (Å²) in [5.41, 5.74) is 7.50. The molecule has 0 saturated carbocycles. The molecule has 0 radical (unpaired) electrons. The molecule has 0 saturated heterocycles. The zero-order valence-electron chi connectivity index (χ0n) is 10.9. The van der Waals surface area contributed by atoms with Gasteiger partial charge in [0.15, 0.2) is 5.82 Å². The number of halogens is 1. The molecule has 0 aliphatic heterocycles. The maximum Gasteiger partial charge on any atom is 0.222 e. The van der Waals surface area contributed by atoms with Gasteiger partial charge in [-0.3, -0.25) is 0 Å². The summed E-state index contributed by atoms with van der Waals surface area (Å²) in [7, 11) is 0. The first-order valence-corrected chi connectivity index (χ1v) is 6.99. The topological polar surface area (TPSA) is 63.8 Å². The fourth-order valence-electron chi connectivity index (χ4n) is 2.13. The first-order chi connectivity index (χ1) is 9.65. The largest absolute Gasteiger partial charge is 0.368 e. The third-order valence-corrected chi connectivity index (χ3v) is 4.03. The number of anilines is 3. The van der Waals surface area contributed by atoms with E-state index in [9.17, 15) is 0 Å². The first-order valence-electron chi connectivity index (χ1n) is 6.19. The van der Waals surface area contributed by atoms with Gasteiger partial charge in [-0.15, -0.1) is 0 Å². The highest BCUT2D eigenvalue weighted by molar-refractivity contribution is 9.10. The van der Waals surface area contributed by atoms with E-state index in [1.807, 2.05) is 31.2 Å². The van der Waals surface area contributed by atoms with E-state index < -0.39 is 0 Å². The third-order valence-electron chi connectivity index (χ3n) is 3.08. The summed E-state index contributed by atoms with van der Waals surface area (Å²) in [6.45, 7) is 1.89. The predicted molar refractivity (Wildman–Crippen MR) is 86.1 cm³/mol. The molecule has 4 nitrogen and oxygen atoms in total. The summed E-state index contributed by atoms with van der Waals surface area (Å²) in [4.78, 5) is 8.36. The summed E-state index contributed by atoms with van der Waals surface area (Å²) in [6.07, 6.45) is 0. The minimum Gasteiger partial charge on any atom is -0.368 e. The smallest absolute Gasteiger partial charge is 0.222 e. The molecule has 20 heavy (non-hydrogen) atoms. The number of aromatic nitrogens is 2. The highest BCUT2D eigenvalue weighted by atomic mass is 79.9. The molecule has 0 amide bonds. The molecule has 0 atom stereocenters. The van der Waals surface area contributed by atoms with Gasteiger partial charge in [0.25, 0.3) is 0 Å². The highest BCUT2D eigenvalue weighted by Gasteiger charge is 2.09. The van der Waals surface area contributed by atoms with Crippen molar-refractivity contribution < 1.29 is 0 Å². The molecular formula is C15H13BrN4. The Balaban J connectivity index is 2.10. The lowest BCUT2D eigenvalue weighted by atomic mass is 10.1. The molecule has 0 bridgehead atoms. The minimum absolute atomic E-state index is 0.258. The summed E-state index contributed by atoms with van der Waals surface area (Å²) in [6, 6.07) is 14.3. The van der Waals surface area contributed by atoms with Crippen LogP contribution in [-0.4, -0.2) is 9.97 Å². The van der Waals surface area contributed by atoms with Crippen molar-refractivity contribution in [2.24, 2.45) is 0 Å². The summed E-state index contributed by atoms with van der Waals surface area (Å²) in [5, 5.41) is 5.63. The molecule has 0 aliphatic rings. The van der Waals surface area contributed by atoms with Gasteiger partial charge in [-0.2, -0.15) is 4.98 Å². The van der Waals surface area contributed by atoms with Crippen molar-refractivity contribution in [2.45, 2.75) is 6.92 Å². The number of rotatable bonds is 2. The Labute approximate surface area is 125 Å². The van der Waals surface area contributed by atoms with E-state index in [2.05, 4.69) is 49.4 Å². The van der Waals surface area contributed by atoms with Crippen molar-refractivity contribution in [3.05, 3.63) is 52.6 Å². The van der Waals surface area contributed by atoms with Gasteiger partial charge in [0.1, 0.15) is 0 Å². The van der Waals surface area contributed by atoms with Gasteiger partial charge in [0.05, 0.1) is 10.2 Å². The predicted octanol–water partition coefficient (Wildman–Crippen LogP) is 4.03. The maximum atomic E-state index is 5.71. The van der Waals surface area contributed by atoms with E-state index >= 15 is 0 Å². The molecule has 3 rings (SSSR count). The molecule has 2 aromatic carbocycles. The molecular weight excluding hydrogens is 316 g/mol. The Hall–Kier alpha value is -2.14. The lowest BCUT2D eigenvalue weighted by Crippen LogP contribution is -2.03. The van der Waals surface area contributed by atoms with E-state index in [0.29, 0.717) is 5.82 Å². The number of nitrogens with two attached hydrogens (primary N) is 1. The van der Waals surface area contributed by atoms with Crippen LogP contribution in [-0.2, 0) is 0 Å². The standard InChI is InChI=1S/C15H13BrN4/c1-9-13(16)14(20-15(17)18-9)19-12-8-4-6-10-5-2-3-7-11(10)12/h2-8H,1H3,(H3,17,18,19,20). The van der Waals surface area contributed by atoms with Crippen molar-refractivity contribution in [1.82, 2.24) is 9.97 Å². The molecule has 1 aromatic heterocycles. The average molecular weight is 329 g/mol. The maximum absolute atomic E-state index is 5.71. The normalized spacial score (nSPS) is 10.7. The Bertz CT molecular complexity index is 781. The fourth-order valence-corrected chi connectivity index (χ4v) is 2.40. The van der Waals surface area contributed by atoms with Crippen LogP contribution in [0.25, 0.3) is 10.8 Å². The number of hydrogen-bond donors (Lipinski definition) is 2. The van der Waals surface area contributed by atoms with Crippen LogP contribution in [0.2, 0.25) is 0 Å². The van der Waals surface area contributed by atoms with Crippen molar-refractivity contribution in [3.8, 4) is 0 Å². The molecule has 100 valence electrons. The number of nitrogens with one attached hydrogen (secondary N) is 1. The summed E-state index contributed by atoms with van der Waals surface area (Å²) in [5.74, 6) is 0.930. The average Bonchev–Trinajstić information content (AvgIpc) is 2.44. The molecule has 0 aliphatic carbocycles. The van der Waals surface area contributed by atoms with Crippen molar-refractivity contribution in [3.63, 3.8) is 0 Å². The molecule has 1 heterocycles. The van der Waals surface area contributed by atoms with Gasteiger partial charge in [0.2, 0.25) is 5.95 Å². The SMILES string of the molecule is Cc1nc(N)nc(Nc2cccc3ccccc23)c1Br. The van der Waals surface area contributed by atoms with Gasteiger partial charge >= 0.3 is 0 Å². The van der Waals surface area contributed by atoms with E-state index in [1.165, 1.54) is 5.39 Å². The highest BCUT2D eigenvalue weighted by Crippen LogP contribution is 2.30. The van der Waals surface area contributed by atoms with Gasteiger partial charge in [-0.1, -0.05) is 36.4 Å². The monoisotopic (exact) mass is 328 g/mol. The Morgan fingerprint density at radius 3 is 2.65 bits per heavy atom. The number of hydrogen-bond acceptors (Lipinski definition) is 4. The molecule has 0 spiro atoms. The first kappa shape index (κ1) is 12.9. The van der Waals surface area contributed by atoms with Crippen LogP contribution in [0.1, 0.15) is 5.69 Å². The van der Waals surface area contributed by atoms with Crippen LogP contribution < -0.4 is 11.1 Å². The van der Waals surface area contributed by atoms with Gasteiger partial charge in [-0.05, 0) is 34.3 Å². The van der Waals surface area contributed by atoms with Crippen molar-refractivity contribution >= 4 is 44.2 Å². The second kappa shape index (κ2) is 5.09. The third kappa shape index (κ3) is 2.32. The molecule has 3 N–H and O–H groups in total. The summed E-state index contributed by atoms with van der Waals surface area (Å²) >= 11 is 3.49. The molecule has 0 fully saturated rings. The molecule has 0 unspecified atom stereocenters. The van der Waals surface area contributed by atoms with Crippen LogP contribution >= 0.6 is 15.9 Å². The van der Waals surface area contributed by atoms with Crippen LogP contribution in [0.15, 0.2) is 46.9 Å². The zero-order valence-corrected chi connectivity index (χ0v) is 12.5. The number of fused-ring (bicyclic) bond motifs is 1. The minimum atomic E-state index is 0.258. The van der Waals surface area contributed by atoms with Gasteiger partial charge in [-0.25, -0.2) is 4.98 Å².